The Hall–Kier alpha value is -3.05. The highest BCUT2D eigenvalue weighted by atomic mass is 32.2. The standard InChI is InChI=1S/C17H10F2N2O3S/c18-17(19)25(22,23)15-7-6-14(16-13(15)5-2-8-21-16)24-12-4-1-3-11(9-12)10-20/h1-9,17H. The molecule has 3 rings (SSSR count). The molecule has 0 atom stereocenters. The summed E-state index contributed by atoms with van der Waals surface area (Å²) in [6, 6.07) is 13.5. The highest BCUT2D eigenvalue weighted by Crippen LogP contribution is 2.34. The Bertz CT molecular complexity index is 1090. The van der Waals surface area contributed by atoms with Crippen molar-refractivity contribution in [3.05, 3.63) is 60.3 Å². The Morgan fingerprint density at radius 1 is 1.12 bits per heavy atom. The lowest BCUT2D eigenvalue weighted by molar-refractivity contribution is 0.235. The smallest absolute Gasteiger partial charge is 0.341 e. The molecule has 1 aromatic heterocycles. The number of alkyl halides is 2. The summed E-state index contributed by atoms with van der Waals surface area (Å²) in [6.45, 7) is 0. The van der Waals surface area contributed by atoms with Crippen LogP contribution in [0.15, 0.2) is 59.6 Å². The minimum Gasteiger partial charge on any atom is -0.455 e. The summed E-state index contributed by atoms with van der Waals surface area (Å²) in [6.07, 6.45) is 1.40. The third-order valence-electron chi connectivity index (χ3n) is 3.42. The van der Waals surface area contributed by atoms with Crippen molar-refractivity contribution in [2.75, 3.05) is 0 Å². The van der Waals surface area contributed by atoms with Gasteiger partial charge in [0.1, 0.15) is 11.3 Å². The Morgan fingerprint density at radius 2 is 1.92 bits per heavy atom. The number of pyridine rings is 1. The van der Waals surface area contributed by atoms with Crippen LogP contribution in [0.5, 0.6) is 11.5 Å². The van der Waals surface area contributed by atoms with Crippen LogP contribution < -0.4 is 4.74 Å². The zero-order valence-corrected chi connectivity index (χ0v) is 13.4. The van der Waals surface area contributed by atoms with Gasteiger partial charge in [0.05, 0.1) is 16.5 Å². The molecule has 2 aromatic carbocycles. The van der Waals surface area contributed by atoms with Gasteiger partial charge in [-0.2, -0.15) is 14.0 Å². The molecule has 1 heterocycles. The summed E-state index contributed by atoms with van der Waals surface area (Å²) in [5, 5.41) is 8.96. The van der Waals surface area contributed by atoms with Crippen LogP contribution in [0.2, 0.25) is 0 Å². The fourth-order valence-electron chi connectivity index (χ4n) is 2.30. The van der Waals surface area contributed by atoms with E-state index in [1.807, 2.05) is 6.07 Å². The predicted molar refractivity (Wildman–Crippen MR) is 86.2 cm³/mol. The van der Waals surface area contributed by atoms with E-state index < -0.39 is 20.5 Å². The van der Waals surface area contributed by atoms with Crippen LogP contribution in [0.1, 0.15) is 5.56 Å². The highest BCUT2D eigenvalue weighted by molar-refractivity contribution is 7.92. The number of hydrogen-bond acceptors (Lipinski definition) is 5. The first-order valence-electron chi connectivity index (χ1n) is 7.01. The van der Waals surface area contributed by atoms with E-state index in [1.165, 1.54) is 30.5 Å². The van der Waals surface area contributed by atoms with E-state index in [0.29, 0.717) is 11.3 Å². The molecule has 0 bridgehead atoms. The van der Waals surface area contributed by atoms with Gasteiger partial charge in [-0.3, -0.25) is 4.98 Å². The number of benzene rings is 2. The van der Waals surface area contributed by atoms with Gasteiger partial charge in [-0.05, 0) is 42.5 Å². The van der Waals surface area contributed by atoms with E-state index in [9.17, 15) is 17.2 Å². The van der Waals surface area contributed by atoms with E-state index in [0.717, 1.165) is 6.07 Å². The molecule has 0 N–H and O–H groups in total. The summed E-state index contributed by atoms with van der Waals surface area (Å²) in [4.78, 5) is 3.54. The number of rotatable bonds is 4. The second-order valence-corrected chi connectivity index (χ2v) is 6.89. The van der Waals surface area contributed by atoms with Crippen molar-refractivity contribution < 1.29 is 21.9 Å². The molecular weight excluding hydrogens is 350 g/mol. The maximum atomic E-state index is 12.9. The van der Waals surface area contributed by atoms with Gasteiger partial charge < -0.3 is 4.74 Å². The highest BCUT2D eigenvalue weighted by Gasteiger charge is 2.29. The maximum absolute atomic E-state index is 12.9. The number of fused-ring (bicyclic) bond motifs is 1. The largest absolute Gasteiger partial charge is 0.455 e. The number of nitrogens with zero attached hydrogens (tertiary/aromatic N) is 2. The zero-order valence-electron chi connectivity index (χ0n) is 12.6. The number of ether oxygens (including phenoxy) is 1. The SMILES string of the molecule is N#Cc1cccc(Oc2ccc(S(=O)(=O)C(F)F)c3cccnc23)c1. The third kappa shape index (κ3) is 3.14. The molecule has 8 heteroatoms. The molecule has 0 radical (unpaired) electrons. The molecule has 5 nitrogen and oxygen atoms in total. The first kappa shape index (κ1) is 16.8. The van der Waals surface area contributed by atoms with Gasteiger partial charge in [0.2, 0.25) is 9.84 Å². The molecule has 3 aromatic rings. The van der Waals surface area contributed by atoms with Crippen molar-refractivity contribution in [1.29, 1.82) is 5.26 Å². The fourth-order valence-corrected chi connectivity index (χ4v) is 3.22. The van der Waals surface area contributed by atoms with Crippen molar-refractivity contribution in [3.63, 3.8) is 0 Å². The quantitative estimate of drug-likeness (QED) is 0.705. The van der Waals surface area contributed by atoms with Gasteiger partial charge in [-0.1, -0.05) is 6.07 Å². The lowest BCUT2D eigenvalue weighted by atomic mass is 10.2. The van der Waals surface area contributed by atoms with Crippen LogP contribution in [-0.2, 0) is 9.84 Å². The van der Waals surface area contributed by atoms with Gasteiger partial charge in [0, 0.05) is 11.6 Å². The van der Waals surface area contributed by atoms with Crippen LogP contribution in [0, 0.1) is 11.3 Å². The average Bonchev–Trinajstić information content (AvgIpc) is 2.62. The van der Waals surface area contributed by atoms with Crippen LogP contribution in [0.3, 0.4) is 0 Å². The lowest BCUT2D eigenvalue weighted by Crippen LogP contribution is -2.12. The molecule has 0 fully saturated rings. The van der Waals surface area contributed by atoms with E-state index in [2.05, 4.69) is 4.98 Å². The molecule has 0 saturated heterocycles. The van der Waals surface area contributed by atoms with Crippen molar-refractivity contribution >= 4 is 20.7 Å². The van der Waals surface area contributed by atoms with Crippen LogP contribution in [-0.4, -0.2) is 19.2 Å². The van der Waals surface area contributed by atoms with Crippen LogP contribution in [0.25, 0.3) is 10.9 Å². The number of nitriles is 1. The first-order chi connectivity index (χ1) is 11.9. The topological polar surface area (TPSA) is 80.0 Å². The number of aromatic nitrogens is 1. The Balaban J connectivity index is 2.15. The molecule has 0 aliphatic heterocycles. The number of sulfone groups is 1. The maximum Gasteiger partial charge on any atom is 0.341 e. The first-order valence-corrected chi connectivity index (χ1v) is 8.56. The van der Waals surface area contributed by atoms with E-state index in [4.69, 9.17) is 10.00 Å². The van der Waals surface area contributed by atoms with Crippen molar-refractivity contribution in [2.24, 2.45) is 0 Å². The minimum atomic E-state index is -4.78. The van der Waals surface area contributed by atoms with Crippen molar-refractivity contribution in [1.82, 2.24) is 4.98 Å². The van der Waals surface area contributed by atoms with E-state index in [1.54, 1.807) is 18.2 Å². The molecule has 0 amide bonds. The minimum absolute atomic E-state index is 0.0386. The summed E-state index contributed by atoms with van der Waals surface area (Å²) < 4.78 is 55.1. The molecule has 0 aliphatic carbocycles. The number of hydrogen-bond donors (Lipinski definition) is 0. The molecule has 0 aliphatic rings. The molecular formula is C17H10F2N2O3S. The summed E-state index contributed by atoms with van der Waals surface area (Å²) in [7, 11) is -4.78. The summed E-state index contributed by atoms with van der Waals surface area (Å²) in [5.74, 6) is -3.00. The predicted octanol–water partition coefficient (Wildman–Crippen LogP) is 3.90. The third-order valence-corrected chi connectivity index (χ3v) is 4.86. The van der Waals surface area contributed by atoms with E-state index >= 15 is 0 Å². The second kappa shape index (κ2) is 6.45. The van der Waals surface area contributed by atoms with Crippen molar-refractivity contribution in [2.45, 2.75) is 10.7 Å². The van der Waals surface area contributed by atoms with Gasteiger partial charge in [0.25, 0.3) is 0 Å². The van der Waals surface area contributed by atoms with Gasteiger partial charge in [-0.15, -0.1) is 0 Å². The Kier molecular flexibility index (Phi) is 4.33. The molecule has 25 heavy (non-hydrogen) atoms. The molecule has 0 spiro atoms. The van der Waals surface area contributed by atoms with E-state index in [-0.39, 0.29) is 16.7 Å². The molecule has 126 valence electrons. The van der Waals surface area contributed by atoms with Crippen LogP contribution in [0.4, 0.5) is 8.78 Å². The monoisotopic (exact) mass is 360 g/mol. The summed E-state index contributed by atoms with van der Waals surface area (Å²) >= 11 is 0. The van der Waals surface area contributed by atoms with Crippen LogP contribution >= 0.6 is 0 Å². The second-order valence-electron chi connectivity index (χ2n) is 5.01. The van der Waals surface area contributed by atoms with Gasteiger partial charge in [0.15, 0.2) is 5.75 Å². The molecule has 0 saturated carbocycles. The summed E-state index contributed by atoms with van der Waals surface area (Å²) in [5.41, 5.74) is 0.512. The van der Waals surface area contributed by atoms with Crippen molar-refractivity contribution in [3.8, 4) is 17.6 Å². The lowest BCUT2D eigenvalue weighted by Gasteiger charge is -2.12. The van der Waals surface area contributed by atoms with Gasteiger partial charge in [-0.25, -0.2) is 8.42 Å². The number of halogens is 2. The Morgan fingerprint density at radius 3 is 2.64 bits per heavy atom. The molecule has 0 unspecified atom stereocenters. The van der Waals surface area contributed by atoms with Gasteiger partial charge >= 0.3 is 5.76 Å². The fraction of sp³-hybridized carbons (Fsp3) is 0.0588. The Labute approximate surface area is 142 Å². The average molecular weight is 360 g/mol. The normalized spacial score (nSPS) is 11.4. The zero-order chi connectivity index (χ0) is 18.0.